The monoisotopic (exact) mass is 531 g/mol. The number of esters is 1. The summed E-state index contributed by atoms with van der Waals surface area (Å²) in [6, 6.07) is 10.5. The largest absolute Gasteiger partial charge is 1.00 e. The molecule has 1 saturated carbocycles. The number of nitrogens with one attached hydrogen (secondary N) is 1. The third-order valence-electron chi connectivity index (χ3n) is 8.13. The molecule has 4 fully saturated rings. The fourth-order valence-corrected chi connectivity index (χ4v) is 6.28. The number of rotatable bonds is 6. The summed E-state index contributed by atoms with van der Waals surface area (Å²) in [7, 11) is 0. The SMILES string of the molecule is O=C(C[N+]12CCC(CC1)[C@@H](OC(=O)C1(c3ccccc3)CCCCCC1)C2)Nc1ncco1.[Br-]. The van der Waals surface area contributed by atoms with Gasteiger partial charge in [0.05, 0.1) is 24.7 Å². The summed E-state index contributed by atoms with van der Waals surface area (Å²) >= 11 is 0. The van der Waals surface area contributed by atoms with Gasteiger partial charge < -0.3 is 30.6 Å². The van der Waals surface area contributed by atoms with Gasteiger partial charge in [0.25, 0.3) is 5.91 Å². The number of hydrogen-bond acceptors (Lipinski definition) is 5. The highest BCUT2D eigenvalue weighted by Gasteiger charge is 2.51. The van der Waals surface area contributed by atoms with Gasteiger partial charge in [-0.05, 0) is 18.4 Å². The van der Waals surface area contributed by atoms with E-state index in [2.05, 4.69) is 22.4 Å². The number of benzene rings is 1. The minimum absolute atomic E-state index is 0. The Hall–Kier alpha value is -2.19. The fourth-order valence-electron chi connectivity index (χ4n) is 6.28. The first kappa shape index (κ1) is 24.9. The fraction of sp³-hybridized carbons (Fsp3) is 0.577. The van der Waals surface area contributed by atoms with Crippen LogP contribution in [0.15, 0.2) is 47.2 Å². The molecule has 4 heterocycles. The Labute approximate surface area is 211 Å². The number of halogens is 1. The van der Waals surface area contributed by atoms with E-state index >= 15 is 0 Å². The Kier molecular flexibility index (Phi) is 7.77. The minimum Gasteiger partial charge on any atom is -1.00 e. The summed E-state index contributed by atoms with van der Waals surface area (Å²) in [5.41, 5.74) is 0.545. The molecule has 0 radical (unpaired) electrons. The summed E-state index contributed by atoms with van der Waals surface area (Å²) < 4.78 is 12.2. The van der Waals surface area contributed by atoms with E-state index in [9.17, 15) is 9.59 Å². The number of oxazole rings is 1. The molecule has 34 heavy (non-hydrogen) atoms. The molecule has 1 aromatic heterocycles. The number of carbonyl (C=O) groups is 2. The van der Waals surface area contributed by atoms with Crippen LogP contribution in [-0.2, 0) is 19.7 Å². The lowest BCUT2D eigenvalue weighted by molar-refractivity contribution is -0.939. The second-order valence-corrected chi connectivity index (χ2v) is 10.2. The van der Waals surface area contributed by atoms with Gasteiger partial charge in [-0.1, -0.05) is 56.0 Å². The summed E-state index contributed by atoms with van der Waals surface area (Å²) in [6.07, 6.45) is 11.0. The van der Waals surface area contributed by atoms with E-state index in [1.165, 1.54) is 25.3 Å². The van der Waals surface area contributed by atoms with Crippen LogP contribution in [0.4, 0.5) is 6.01 Å². The molecule has 1 aliphatic carbocycles. The average molecular weight is 532 g/mol. The predicted molar refractivity (Wildman–Crippen MR) is 123 cm³/mol. The van der Waals surface area contributed by atoms with Crippen LogP contribution in [0, 0.1) is 5.92 Å². The second-order valence-electron chi connectivity index (χ2n) is 10.2. The second kappa shape index (κ2) is 10.6. The lowest BCUT2D eigenvalue weighted by Gasteiger charge is -2.52. The molecule has 3 saturated heterocycles. The first-order chi connectivity index (χ1) is 16.1. The number of fused-ring (bicyclic) bond motifs is 3. The van der Waals surface area contributed by atoms with Crippen LogP contribution < -0.4 is 22.3 Å². The van der Waals surface area contributed by atoms with Crippen molar-refractivity contribution in [3.63, 3.8) is 0 Å². The predicted octanol–water partition coefficient (Wildman–Crippen LogP) is 1.06. The van der Waals surface area contributed by atoms with Gasteiger partial charge in [-0.15, -0.1) is 0 Å². The molecule has 2 aromatic rings. The van der Waals surface area contributed by atoms with Crippen molar-refractivity contribution in [2.75, 3.05) is 31.5 Å². The summed E-state index contributed by atoms with van der Waals surface area (Å²) in [5, 5.41) is 2.75. The Balaban J connectivity index is 0.00000274. The number of amides is 1. The van der Waals surface area contributed by atoms with E-state index in [0.717, 1.165) is 57.2 Å². The summed E-state index contributed by atoms with van der Waals surface area (Å²) in [4.78, 5) is 30.5. The first-order valence-corrected chi connectivity index (χ1v) is 12.4. The quantitative estimate of drug-likeness (QED) is 0.342. The average Bonchev–Trinajstić information content (AvgIpc) is 3.20. The van der Waals surface area contributed by atoms with Crippen LogP contribution in [0.1, 0.15) is 56.9 Å². The Morgan fingerprint density at radius 1 is 1.09 bits per heavy atom. The van der Waals surface area contributed by atoms with Crippen LogP contribution in [0.2, 0.25) is 0 Å². The van der Waals surface area contributed by atoms with Crippen LogP contribution >= 0.6 is 0 Å². The number of hydrogen-bond donors (Lipinski definition) is 1. The molecule has 1 aromatic carbocycles. The van der Waals surface area contributed by atoms with Crippen LogP contribution in [0.25, 0.3) is 0 Å². The molecule has 0 unspecified atom stereocenters. The van der Waals surface area contributed by atoms with Crippen molar-refractivity contribution in [3.05, 3.63) is 48.4 Å². The summed E-state index contributed by atoms with van der Waals surface area (Å²) in [6.45, 7) is 2.95. The van der Waals surface area contributed by atoms with E-state index in [4.69, 9.17) is 9.15 Å². The number of aromatic nitrogens is 1. The topological polar surface area (TPSA) is 81.4 Å². The number of anilines is 1. The Morgan fingerprint density at radius 3 is 2.44 bits per heavy atom. The molecular weight excluding hydrogens is 498 g/mol. The first-order valence-electron chi connectivity index (χ1n) is 12.4. The maximum Gasteiger partial charge on any atom is 0.317 e. The van der Waals surface area contributed by atoms with E-state index in [1.54, 1.807) is 0 Å². The van der Waals surface area contributed by atoms with Gasteiger partial charge in [0.2, 0.25) is 0 Å². The maximum absolute atomic E-state index is 13.8. The molecule has 4 aliphatic rings. The van der Waals surface area contributed by atoms with Crippen molar-refractivity contribution in [1.29, 1.82) is 0 Å². The van der Waals surface area contributed by atoms with E-state index < -0.39 is 5.41 Å². The Bertz CT molecular complexity index is 950. The highest BCUT2D eigenvalue weighted by molar-refractivity contribution is 5.89. The molecule has 1 N–H and O–H groups in total. The van der Waals surface area contributed by atoms with Gasteiger partial charge in [-0.25, -0.2) is 4.98 Å². The van der Waals surface area contributed by atoms with Crippen LogP contribution in [0.5, 0.6) is 0 Å². The molecule has 8 heteroatoms. The number of nitrogens with zero attached hydrogens (tertiary/aromatic N) is 2. The molecule has 184 valence electrons. The normalized spacial score (nSPS) is 27.8. The molecular formula is C26H34BrN3O4. The van der Waals surface area contributed by atoms with E-state index in [-0.39, 0.29) is 41.0 Å². The third-order valence-corrected chi connectivity index (χ3v) is 8.13. The van der Waals surface area contributed by atoms with E-state index in [1.807, 2.05) is 18.2 Å². The molecule has 0 spiro atoms. The zero-order valence-electron chi connectivity index (χ0n) is 19.6. The highest BCUT2D eigenvalue weighted by Crippen LogP contribution is 2.42. The van der Waals surface area contributed by atoms with Crippen molar-refractivity contribution in [1.82, 2.24) is 4.98 Å². The van der Waals surface area contributed by atoms with E-state index in [0.29, 0.717) is 23.5 Å². The Morgan fingerprint density at radius 2 is 1.79 bits per heavy atom. The molecule has 1 atom stereocenters. The van der Waals surface area contributed by atoms with Crippen LogP contribution in [-0.4, -0.2) is 53.6 Å². The molecule has 6 rings (SSSR count). The van der Waals surface area contributed by atoms with Gasteiger partial charge in [0.15, 0.2) is 12.6 Å². The number of ether oxygens (including phenoxy) is 1. The molecule has 7 nitrogen and oxygen atoms in total. The standard InChI is InChI=1S/C26H33N3O4.BrH/c30-23(28-25-27-14-17-32-25)19-29-15-10-20(11-16-29)22(18-29)33-24(31)26(12-6-1-2-7-13-26)21-8-4-3-5-9-21;/h3-5,8-9,14,17,20,22H,1-2,6-7,10-13,15-16,18-19H2;1H/t20?,22-,29?;/m0./s1. The van der Waals surface area contributed by atoms with Gasteiger partial charge in [-0.2, -0.15) is 0 Å². The highest BCUT2D eigenvalue weighted by atomic mass is 79.9. The van der Waals surface area contributed by atoms with Crippen molar-refractivity contribution in [2.45, 2.75) is 62.9 Å². The van der Waals surface area contributed by atoms with Crippen molar-refractivity contribution >= 4 is 17.9 Å². The lowest BCUT2D eigenvalue weighted by Crippen LogP contribution is -3.00. The molecule has 2 bridgehead atoms. The zero-order chi connectivity index (χ0) is 22.7. The van der Waals surface area contributed by atoms with Gasteiger partial charge in [0, 0.05) is 18.8 Å². The number of carbonyl (C=O) groups excluding carboxylic acids is 2. The smallest absolute Gasteiger partial charge is 0.317 e. The molecule has 3 aliphatic heterocycles. The summed E-state index contributed by atoms with van der Waals surface area (Å²) in [5.74, 6) is 0.228. The minimum atomic E-state index is -0.545. The lowest BCUT2D eigenvalue weighted by atomic mass is 9.74. The van der Waals surface area contributed by atoms with Gasteiger partial charge in [-0.3, -0.25) is 14.9 Å². The van der Waals surface area contributed by atoms with Gasteiger partial charge >= 0.3 is 12.0 Å². The third kappa shape index (κ3) is 5.08. The van der Waals surface area contributed by atoms with Crippen molar-refractivity contribution in [2.24, 2.45) is 5.92 Å². The zero-order valence-corrected chi connectivity index (χ0v) is 21.2. The van der Waals surface area contributed by atoms with Gasteiger partial charge in [0.1, 0.15) is 12.8 Å². The van der Waals surface area contributed by atoms with Crippen molar-refractivity contribution < 1.29 is 40.2 Å². The maximum atomic E-state index is 13.8. The number of piperidine rings is 3. The molecule has 1 amide bonds. The number of quaternary nitrogens is 1. The van der Waals surface area contributed by atoms with Crippen molar-refractivity contribution in [3.8, 4) is 0 Å². The van der Waals surface area contributed by atoms with Crippen LogP contribution in [0.3, 0.4) is 0 Å².